The van der Waals surface area contributed by atoms with Crippen LogP contribution in [0.15, 0.2) is 42.7 Å². The van der Waals surface area contributed by atoms with E-state index in [1.165, 1.54) is 11.1 Å². The average molecular weight is 320 g/mol. The number of pyridine rings is 1. The van der Waals surface area contributed by atoms with Crippen LogP contribution in [0.1, 0.15) is 18.4 Å². The van der Waals surface area contributed by atoms with Crippen LogP contribution < -0.4 is 10.6 Å². The first-order chi connectivity index (χ1) is 11.6. The van der Waals surface area contributed by atoms with Gasteiger partial charge >= 0.3 is 0 Å². The minimum absolute atomic E-state index is 0.0798. The molecule has 1 aliphatic carbocycles. The summed E-state index contributed by atoms with van der Waals surface area (Å²) in [6, 6.07) is 10.4. The molecule has 1 saturated carbocycles. The summed E-state index contributed by atoms with van der Waals surface area (Å²) in [6.45, 7) is 2.11. The molecule has 1 aliphatic rings. The first kappa shape index (κ1) is 14.8. The van der Waals surface area contributed by atoms with E-state index in [-0.39, 0.29) is 11.8 Å². The molecule has 5 nitrogen and oxygen atoms in total. The van der Waals surface area contributed by atoms with Gasteiger partial charge in [-0.1, -0.05) is 6.07 Å². The Bertz CT molecular complexity index is 924. The Labute approximate surface area is 140 Å². The number of nitrogens with one attached hydrogen (secondary N) is 2. The van der Waals surface area contributed by atoms with Crippen LogP contribution in [0, 0.1) is 12.8 Å². The first-order valence-electron chi connectivity index (χ1n) is 8.22. The number of aromatic nitrogens is 2. The van der Waals surface area contributed by atoms with Gasteiger partial charge in [0, 0.05) is 24.8 Å². The fraction of sp³-hybridized carbons (Fsp3) is 0.263. The maximum atomic E-state index is 11.9. The van der Waals surface area contributed by atoms with Gasteiger partial charge in [-0.25, -0.2) is 4.98 Å². The van der Waals surface area contributed by atoms with Crippen LogP contribution in [-0.2, 0) is 4.79 Å². The molecular formula is C19H20N4O. The monoisotopic (exact) mass is 320 g/mol. The zero-order valence-corrected chi connectivity index (χ0v) is 13.8. The van der Waals surface area contributed by atoms with E-state index in [2.05, 4.69) is 53.0 Å². The molecule has 24 heavy (non-hydrogen) atoms. The summed E-state index contributed by atoms with van der Waals surface area (Å²) in [5.41, 5.74) is 5.43. The molecule has 5 heteroatoms. The zero-order chi connectivity index (χ0) is 16.7. The van der Waals surface area contributed by atoms with Gasteiger partial charge in [0.2, 0.25) is 5.91 Å². The molecule has 0 bridgehead atoms. The van der Waals surface area contributed by atoms with E-state index in [0.717, 1.165) is 29.7 Å². The molecule has 2 N–H and O–H groups in total. The topological polar surface area (TPSA) is 58.4 Å². The van der Waals surface area contributed by atoms with Crippen molar-refractivity contribution in [2.75, 3.05) is 17.7 Å². The Morgan fingerprint density at radius 2 is 2.04 bits per heavy atom. The van der Waals surface area contributed by atoms with Crippen molar-refractivity contribution in [3.05, 3.63) is 48.3 Å². The lowest BCUT2D eigenvalue weighted by Crippen LogP contribution is -2.13. The molecule has 0 atom stereocenters. The Kier molecular flexibility index (Phi) is 3.49. The minimum atomic E-state index is 0.0798. The number of imidazole rings is 1. The van der Waals surface area contributed by atoms with Gasteiger partial charge in [0.1, 0.15) is 5.65 Å². The van der Waals surface area contributed by atoms with Crippen molar-refractivity contribution in [2.45, 2.75) is 19.8 Å². The molecule has 4 rings (SSSR count). The number of amides is 1. The van der Waals surface area contributed by atoms with Crippen LogP contribution in [-0.4, -0.2) is 22.3 Å². The molecule has 2 aromatic heterocycles. The van der Waals surface area contributed by atoms with E-state index in [1.807, 2.05) is 23.7 Å². The molecule has 1 amide bonds. The van der Waals surface area contributed by atoms with E-state index >= 15 is 0 Å². The smallest absolute Gasteiger partial charge is 0.228 e. The summed E-state index contributed by atoms with van der Waals surface area (Å²) >= 11 is 0. The van der Waals surface area contributed by atoms with E-state index < -0.39 is 0 Å². The van der Waals surface area contributed by atoms with E-state index in [4.69, 9.17) is 0 Å². The highest BCUT2D eigenvalue weighted by Crippen LogP contribution is 2.30. The number of hydrogen-bond acceptors (Lipinski definition) is 3. The lowest BCUT2D eigenvalue weighted by atomic mass is 10.0. The zero-order valence-electron chi connectivity index (χ0n) is 13.8. The maximum absolute atomic E-state index is 11.9. The van der Waals surface area contributed by atoms with Crippen molar-refractivity contribution >= 4 is 23.1 Å². The molecule has 1 aromatic carbocycles. The number of fused-ring (bicyclic) bond motifs is 1. The average Bonchev–Trinajstić information content (AvgIpc) is 3.36. The van der Waals surface area contributed by atoms with Gasteiger partial charge in [-0.05, 0) is 60.7 Å². The lowest BCUT2D eigenvalue weighted by Gasteiger charge is -2.09. The van der Waals surface area contributed by atoms with Gasteiger partial charge < -0.3 is 15.0 Å². The highest BCUT2D eigenvalue weighted by molar-refractivity contribution is 5.93. The van der Waals surface area contributed by atoms with Crippen molar-refractivity contribution in [3.8, 4) is 11.1 Å². The predicted octanol–water partition coefficient (Wildman–Crippen LogP) is 3.70. The van der Waals surface area contributed by atoms with E-state index in [1.54, 1.807) is 0 Å². The molecule has 122 valence electrons. The quantitative estimate of drug-likeness (QED) is 0.770. The molecule has 1 fully saturated rings. The number of anilines is 2. The van der Waals surface area contributed by atoms with Crippen molar-refractivity contribution in [3.63, 3.8) is 0 Å². The van der Waals surface area contributed by atoms with Crippen LogP contribution in [0.4, 0.5) is 11.5 Å². The normalized spacial score (nSPS) is 13.9. The maximum Gasteiger partial charge on any atom is 0.228 e. The molecule has 0 saturated heterocycles. The molecule has 0 radical (unpaired) electrons. The van der Waals surface area contributed by atoms with Gasteiger partial charge in [-0.3, -0.25) is 4.79 Å². The number of hydrogen-bond donors (Lipinski definition) is 2. The van der Waals surface area contributed by atoms with Gasteiger partial charge in [-0.2, -0.15) is 0 Å². The number of nitrogens with zero attached hydrogens (tertiary/aromatic N) is 2. The Balaban J connectivity index is 1.69. The first-order valence-corrected chi connectivity index (χ1v) is 8.22. The van der Waals surface area contributed by atoms with Crippen molar-refractivity contribution in [1.82, 2.24) is 9.38 Å². The van der Waals surface area contributed by atoms with Gasteiger partial charge in [0.05, 0.1) is 6.20 Å². The SMILES string of the molecule is CNc1ccc(C)c(-c2ccc3nc(NC(=O)C4CC4)cn3c2)c1. The van der Waals surface area contributed by atoms with E-state index in [0.29, 0.717) is 5.82 Å². The fourth-order valence-electron chi connectivity index (χ4n) is 2.87. The van der Waals surface area contributed by atoms with Crippen LogP contribution >= 0.6 is 0 Å². The molecule has 0 aliphatic heterocycles. The second-order valence-corrected chi connectivity index (χ2v) is 6.35. The summed E-state index contributed by atoms with van der Waals surface area (Å²) in [7, 11) is 1.92. The Hall–Kier alpha value is -2.82. The fourth-order valence-corrected chi connectivity index (χ4v) is 2.87. The van der Waals surface area contributed by atoms with Crippen LogP contribution in [0.2, 0.25) is 0 Å². The Morgan fingerprint density at radius 1 is 1.21 bits per heavy atom. The van der Waals surface area contributed by atoms with Gasteiger partial charge in [0.25, 0.3) is 0 Å². The molecule has 3 aromatic rings. The number of carbonyl (C=O) groups is 1. The predicted molar refractivity (Wildman–Crippen MR) is 96.3 cm³/mol. The number of carbonyl (C=O) groups excluding carboxylic acids is 1. The van der Waals surface area contributed by atoms with Crippen molar-refractivity contribution in [1.29, 1.82) is 0 Å². The second-order valence-electron chi connectivity index (χ2n) is 6.35. The van der Waals surface area contributed by atoms with Crippen LogP contribution in [0.5, 0.6) is 0 Å². The van der Waals surface area contributed by atoms with Crippen LogP contribution in [0.3, 0.4) is 0 Å². The third-order valence-corrected chi connectivity index (χ3v) is 4.49. The van der Waals surface area contributed by atoms with Crippen molar-refractivity contribution < 1.29 is 4.79 Å². The summed E-state index contributed by atoms with van der Waals surface area (Å²) in [6.07, 6.45) is 5.90. The van der Waals surface area contributed by atoms with Gasteiger partial charge in [-0.15, -0.1) is 0 Å². The number of rotatable bonds is 4. The molecule has 0 spiro atoms. The lowest BCUT2D eigenvalue weighted by molar-refractivity contribution is -0.117. The molecular weight excluding hydrogens is 300 g/mol. The second kappa shape index (κ2) is 5.67. The largest absolute Gasteiger partial charge is 0.388 e. The number of benzene rings is 1. The third kappa shape index (κ3) is 2.73. The third-order valence-electron chi connectivity index (χ3n) is 4.49. The molecule has 0 unspecified atom stereocenters. The summed E-state index contributed by atoms with van der Waals surface area (Å²) in [4.78, 5) is 16.4. The summed E-state index contributed by atoms with van der Waals surface area (Å²) in [5, 5.41) is 6.08. The van der Waals surface area contributed by atoms with E-state index in [9.17, 15) is 4.79 Å². The van der Waals surface area contributed by atoms with Gasteiger partial charge in [0.15, 0.2) is 5.82 Å². The molecule has 2 heterocycles. The standard InChI is InChI=1S/C19H20N4O/c1-12-3-7-15(20-2)9-16(12)14-6-8-18-21-17(11-23(18)10-14)22-19(24)13-4-5-13/h3,6-11,13,20H,4-5H2,1-2H3,(H,22,24). The summed E-state index contributed by atoms with van der Waals surface area (Å²) < 4.78 is 1.96. The van der Waals surface area contributed by atoms with Crippen LogP contribution in [0.25, 0.3) is 16.8 Å². The van der Waals surface area contributed by atoms with Crippen molar-refractivity contribution in [2.24, 2.45) is 5.92 Å². The highest BCUT2D eigenvalue weighted by Gasteiger charge is 2.29. The Morgan fingerprint density at radius 3 is 2.79 bits per heavy atom. The minimum Gasteiger partial charge on any atom is -0.388 e. The number of aryl methyl sites for hydroxylation is 1. The summed E-state index contributed by atoms with van der Waals surface area (Å²) in [5.74, 6) is 0.873. The highest BCUT2D eigenvalue weighted by atomic mass is 16.2.